The van der Waals surface area contributed by atoms with Gasteiger partial charge in [0.2, 0.25) is 5.91 Å². The Bertz CT molecular complexity index is 675. The van der Waals surface area contributed by atoms with E-state index in [1.165, 1.54) is 0 Å². The van der Waals surface area contributed by atoms with Crippen LogP contribution in [0.15, 0.2) is 36.4 Å². The maximum absolute atomic E-state index is 11.6. The van der Waals surface area contributed by atoms with Gasteiger partial charge in [-0.3, -0.25) is 25.8 Å². The van der Waals surface area contributed by atoms with Crippen LogP contribution in [0.3, 0.4) is 0 Å². The summed E-state index contributed by atoms with van der Waals surface area (Å²) in [5, 5.41) is 2.11. The van der Waals surface area contributed by atoms with Crippen molar-refractivity contribution in [2.75, 3.05) is 13.2 Å². The van der Waals surface area contributed by atoms with Crippen LogP contribution >= 0.6 is 12.2 Å². The molecule has 0 heterocycles. The monoisotopic (exact) mass is 365 g/mol. The van der Waals surface area contributed by atoms with E-state index in [1.807, 2.05) is 19.1 Å². The lowest BCUT2D eigenvalue weighted by Crippen LogP contribution is -2.49. The first-order chi connectivity index (χ1) is 11.9. The molecule has 0 saturated heterocycles. The lowest BCUT2D eigenvalue weighted by molar-refractivity contribution is -0.137. The summed E-state index contributed by atoms with van der Waals surface area (Å²) in [4.78, 5) is 34.2. The lowest BCUT2D eigenvalue weighted by atomic mass is 10.2. The number of thiocarbonyl (C=S) groups is 1. The van der Waals surface area contributed by atoms with Crippen molar-refractivity contribution in [2.24, 2.45) is 0 Å². The average molecular weight is 365 g/mol. The predicted molar refractivity (Wildman–Crippen MR) is 94.5 cm³/mol. The number of aryl methyl sites for hydroxylation is 1. The van der Waals surface area contributed by atoms with Gasteiger partial charge < -0.3 is 9.47 Å². The van der Waals surface area contributed by atoms with Crippen LogP contribution in [0.1, 0.15) is 12.5 Å². The highest BCUT2D eigenvalue weighted by atomic mass is 32.1. The molecule has 0 aliphatic rings. The molecule has 0 spiro atoms. The van der Waals surface area contributed by atoms with Gasteiger partial charge in [0, 0.05) is 12.2 Å². The standard InChI is InChI=1S/C16H19N3O5S/c1-3-23-15(22)8-7-13(20)17-16(25)19-18-14(21)10-24-12-6-4-5-11(2)9-12/h4-9H,3,10H2,1-2H3,(H,18,21)(H2,17,19,20,25)/b8-7+. The van der Waals surface area contributed by atoms with Gasteiger partial charge in [-0.15, -0.1) is 0 Å². The number of ether oxygens (including phenoxy) is 2. The Balaban J connectivity index is 2.27. The Morgan fingerprint density at radius 1 is 1.20 bits per heavy atom. The predicted octanol–water partition coefficient (Wildman–Crippen LogP) is 0.515. The summed E-state index contributed by atoms with van der Waals surface area (Å²) in [6.45, 7) is 3.54. The van der Waals surface area contributed by atoms with Crippen molar-refractivity contribution in [3.63, 3.8) is 0 Å². The number of hydrogen-bond donors (Lipinski definition) is 3. The van der Waals surface area contributed by atoms with E-state index in [9.17, 15) is 14.4 Å². The fourth-order valence-corrected chi connectivity index (χ4v) is 1.69. The zero-order valence-electron chi connectivity index (χ0n) is 13.8. The van der Waals surface area contributed by atoms with Gasteiger partial charge in [-0.1, -0.05) is 12.1 Å². The minimum atomic E-state index is -0.643. The summed E-state index contributed by atoms with van der Waals surface area (Å²) in [6, 6.07) is 7.25. The number of esters is 1. The van der Waals surface area contributed by atoms with Crippen molar-refractivity contribution < 1.29 is 23.9 Å². The van der Waals surface area contributed by atoms with Gasteiger partial charge in [0.25, 0.3) is 5.91 Å². The molecule has 0 bridgehead atoms. The summed E-state index contributed by atoms with van der Waals surface area (Å²) in [5.41, 5.74) is 5.63. The van der Waals surface area contributed by atoms with Crippen LogP contribution in [0, 0.1) is 6.92 Å². The molecular formula is C16H19N3O5S. The molecule has 0 unspecified atom stereocenters. The Labute approximate surface area is 150 Å². The molecule has 2 amide bonds. The third-order valence-electron chi connectivity index (χ3n) is 2.57. The summed E-state index contributed by atoms with van der Waals surface area (Å²) >= 11 is 4.83. The number of amides is 2. The molecule has 1 aromatic rings. The molecule has 25 heavy (non-hydrogen) atoms. The maximum Gasteiger partial charge on any atom is 0.330 e. The Morgan fingerprint density at radius 2 is 1.96 bits per heavy atom. The van der Waals surface area contributed by atoms with E-state index in [2.05, 4.69) is 20.9 Å². The number of rotatable bonds is 6. The molecule has 0 aromatic heterocycles. The Morgan fingerprint density at radius 3 is 2.64 bits per heavy atom. The molecule has 1 rings (SSSR count). The Hall–Kier alpha value is -2.94. The van der Waals surface area contributed by atoms with Gasteiger partial charge >= 0.3 is 5.97 Å². The van der Waals surface area contributed by atoms with Crippen LogP contribution in [-0.2, 0) is 19.1 Å². The first kappa shape index (κ1) is 20.1. The van der Waals surface area contributed by atoms with Crippen molar-refractivity contribution in [1.29, 1.82) is 0 Å². The molecule has 0 fully saturated rings. The highest BCUT2D eigenvalue weighted by Crippen LogP contribution is 2.11. The highest BCUT2D eigenvalue weighted by molar-refractivity contribution is 7.80. The van der Waals surface area contributed by atoms with Crippen LogP contribution in [-0.4, -0.2) is 36.1 Å². The topological polar surface area (TPSA) is 106 Å². The van der Waals surface area contributed by atoms with Crippen molar-refractivity contribution >= 4 is 35.1 Å². The van der Waals surface area contributed by atoms with Crippen molar-refractivity contribution in [1.82, 2.24) is 16.2 Å². The smallest absolute Gasteiger partial charge is 0.330 e. The van der Waals surface area contributed by atoms with Gasteiger partial charge in [-0.05, 0) is 43.8 Å². The molecule has 1 aromatic carbocycles. The van der Waals surface area contributed by atoms with E-state index in [1.54, 1.807) is 19.1 Å². The number of carbonyl (C=O) groups excluding carboxylic acids is 3. The van der Waals surface area contributed by atoms with Crippen LogP contribution in [0.4, 0.5) is 0 Å². The number of hydrazine groups is 1. The number of hydrogen-bond acceptors (Lipinski definition) is 6. The fraction of sp³-hybridized carbons (Fsp3) is 0.250. The van der Waals surface area contributed by atoms with Crippen LogP contribution in [0.2, 0.25) is 0 Å². The third kappa shape index (κ3) is 9.06. The van der Waals surface area contributed by atoms with Gasteiger partial charge in [-0.2, -0.15) is 0 Å². The normalized spacial score (nSPS) is 10.0. The van der Waals surface area contributed by atoms with E-state index in [0.717, 1.165) is 17.7 Å². The minimum Gasteiger partial charge on any atom is -0.484 e. The summed E-state index contributed by atoms with van der Waals surface area (Å²) in [7, 11) is 0. The summed E-state index contributed by atoms with van der Waals surface area (Å²) in [6.07, 6.45) is 1.93. The summed E-state index contributed by atoms with van der Waals surface area (Å²) < 4.78 is 9.93. The van der Waals surface area contributed by atoms with Gasteiger partial charge in [-0.25, -0.2) is 4.79 Å². The quantitative estimate of drug-likeness (QED) is 0.292. The zero-order chi connectivity index (χ0) is 18.7. The number of carbonyl (C=O) groups is 3. The SMILES string of the molecule is CCOC(=O)/C=C/C(=O)NC(=S)NNC(=O)COc1cccc(C)c1. The highest BCUT2D eigenvalue weighted by Gasteiger charge is 2.06. The molecule has 0 aliphatic carbocycles. The van der Waals surface area contributed by atoms with Crippen LogP contribution < -0.4 is 20.9 Å². The van der Waals surface area contributed by atoms with E-state index in [0.29, 0.717) is 5.75 Å². The van der Waals surface area contributed by atoms with E-state index in [-0.39, 0.29) is 18.3 Å². The first-order valence-corrected chi connectivity index (χ1v) is 7.75. The van der Waals surface area contributed by atoms with E-state index in [4.69, 9.17) is 17.0 Å². The van der Waals surface area contributed by atoms with Crippen molar-refractivity contribution in [2.45, 2.75) is 13.8 Å². The van der Waals surface area contributed by atoms with Gasteiger partial charge in [0.1, 0.15) is 5.75 Å². The molecule has 9 heteroatoms. The zero-order valence-corrected chi connectivity index (χ0v) is 14.6. The van der Waals surface area contributed by atoms with Gasteiger partial charge in [0.05, 0.1) is 6.61 Å². The second kappa shape index (κ2) is 10.8. The molecule has 8 nitrogen and oxygen atoms in total. The van der Waals surface area contributed by atoms with E-state index >= 15 is 0 Å². The number of nitrogens with one attached hydrogen (secondary N) is 3. The molecular weight excluding hydrogens is 346 g/mol. The maximum atomic E-state index is 11.6. The molecule has 0 saturated carbocycles. The second-order valence-electron chi connectivity index (χ2n) is 4.68. The fourth-order valence-electron chi connectivity index (χ4n) is 1.54. The molecule has 0 radical (unpaired) electrons. The van der Waals surface area contributed by atoms with Gasteiger partial charge in [0.15, 0.2) is 11.7 Å². The average Bonchev–Trinajstić information content (AvgIpc) is 2.57. The molecule has 3 N–H and O–H groups in total. The molecule has 0 aliphatic heterocycles. The lowest BCUT2D eigenvalue weighted by Gasteiger charge is -2.10. The van der Waals surface area contributed by atoms with E-state index < -0.39 is 17.8 Å². The largest absolute Gasteiger partial charge is 0.484 e. The minimum absolute atomic E-state index is 0.137. The third-order valence-corrected chi connectivity index (χ3v) is 2.77. The second-order valence-corrected chi connectivity index (χ2v) is 5.09. The Kier molecular flexibility index (Phi) is 8.66. The van der Waals surface area contributed by atoms with Crippen molar-refractivity contribution in [3.8, 4) is 5.75 Å². The molecule has 134 valence electrons. The molecule has 0 atom stereocenters. The van der Waals surface area contributed by atoms with Crippen molar-refractivity contribution in [3.05, 3.63) is 42.0 Å². The van der Waals surface area contributed by atoms with Crippen LogP contribution in [0.5, 0.6) is 5.75 Å². The number of benzene rings is 1. The summed E-state index contributed by atoms with van der Waals surface area (Å²) in [5.74, 6) is -1.20. The first-order valence-electron chi connectivity index (χ1n) is 7.34. The van der Waals surface area contributed by atoms with Crippen LogP contribution in [0.25, 0.3) is 0 Å².